The highest BCUT2D eigenvalue weighted by Gasteiger charge is 1.95. The summed E-state index contributed by atoms with van der Waals surface area (Å²) in [6, 6.07) is 8.13. The van der Waals surface area contributed by atoms with Crippen LogP contribution in [0.1, 0.15) is 12.0 Å². The van der Waals surface area contributed by atoms with Crippen LogP contribution in [0.2, 0.25) is 9.57 Å². The van der Waals surface area contributed by atoms with Crippen molar-refractivity contribution in [3.8, 4) is 0 Å². The molecule has 0 saturated heterocycles. The lowest BCUT2D eigenvalue weighted by molar-refractivity contribution is 0.918. The Labute approximate surface area is 94.3 Å². The van der Waals surface area contributed by atoms with Gasteiger partial charge in [-0.05, 0) is 24.1 Å². The first-order valence-corrected chi connectivity index (χ1v) is 9.41. The summed E-state index contributed by atoms with van der Waals surface area (Å²) in [4.78, 5) is 0. The van der Waals surface area contributed by atoms with E-state index in [0.29, 0.717) is 0 Å². The van der Waals surface area contributed by atoms with Gasteiger partial charge in [0, 0.05) is 5.02 Å². The number of aryl methyl sites for hydroxylation is 1. The van der Waals surface area contributed by atoms with Gasteiger partial charge in [0.1, 0.15) is 0 Å². The first-order chi connectivity index (χ1) is 5.83. The molecule has 12 heavy (non-hydrogen) atoms. The summed E-state index contributed by atoms with van der Waals surface area (Å²) in [7, 11) is 0. The molecule has 0 saturated carbocycles. The van der Waals surface area contributed by atoms with Gasteiger partial charge in [-0.15, -0.1) is 4.55 Å². The fourth-order valence-corrected chi connectivity index (χ4v) is 2.96. The molecule has 1 aromatic carbocycles. The summed E-state index contributed by atoms with van der Waals surface area (Å²) in [6.07, 6.45) is 2.46. The Kier molecular flexibility index (Phi) is 5.64. The van der Waals surface area contributed by atoms with Crippen LogP contribution in [0.5, 0.6) is 0 Å². The lowest BCUT2D eigenvalue weighted by atomic mass is 10.1. The zero-order valence-electron chi connectivity index (χ0n) is 6.89. The Morgan fingerprint density at radius 3 is 2.92 bits per heavy atom. The maximum absolute atomic E-state index is 5.86. The van der Waals surface area contributed by atoms with E-state index in [4.69, 9.17) is 11.6 Å². The fourth-order valence-electron chi connectivity index (χ4n) is 1.12. The number of rotatable bonds is 4. The Morgan fingerprint density at radius 2 is 2.25 bits per heavy atom. The summed E-state index contributed by atoms with van der Waals surface area (Å²) < 4.78 is 1.37. The zero-order chi connectivity index (χ0) is 8.81. The SMILES string of the molecule is Clc1cccc(CC[CH2][Mg][Br])c1. The molecule has 0 spiro atoms. The minimum Gasteiger partial charge on any atom is -0.307 e. The van der Waals surface area contributed by atoms with Crippen LogP contribution in [0.15, 0.2) is 24.3 Å². The standard InChI is InChI=1S/C9H10Cl.BrH.Mg/c1-2-4-8-5-3-6-9(10)7-8;;/h3,5-7H,1-2,4H2;1H;/q;;+1/p-1. The van der Waals surface area contributed by atoms with Crippen LogP contribution in [-0.2, 0) is 6.42 Å². The number of halogens is 2. The topological polar surface area (TPSA) is 0 Å². The van der Waals surface area contributed by atoms with Gasteiger partial charge in [0.2, 0.25) is 0 Å². The summed E-state index contributed by atoms with van der Waals surface area (Å²) >= 11 is 9.48. The lowest BCUT2D eigenvalue weighted by Gasteiger charge is -1.99. The van der Waals surface area contributed by atoms with Crippen LogP contribution in [0.3, 0.4) is 0 Å². The van der Waals surface area contributed by atoms with E-state index in [0.717, 1.165) is 5.02 Å². The van der Waals surface area contributed by atoms with E-state index in [2.05, 4.69) is 25.0 Å². The maximum atomic E-state index is 5.86. The molecule has 3 heteroatoms. The molecule has 0 aliphatic heterocycles. The normalized spacial score (nSPS) is 9.50. The van der Waals surface area contributed by atoms with E-state index in [1.54, 1.807) is 0 Å². The Bertz CT molecular complexity index is 240. The molecule has 0 aromatic heterocycles. The highest BCUT2D eigenvalue weighted by molar-refractivity contribution is 9.23. The highest BCUT2D eigenvalue weighted by atomic mass is 79.9. The fraction of sp³-hybridized carbons (Fsp3) is 0.333. The molecular weight excluding hydrogens is 248 g/mol. The van der Waals surface area contributed by atoms with Crippen molar-refractivity contribution in [3.05, 3.63) is 34.9 Å². The number of benzene rings is 1. The predicted molar refractivity (Wildman–Crippen MR) is 59.3 cm³/mol. The monoisotopic (exact) mass is 256 g/mol. The average molecular weight is 258 g/mol. The third-order valence-electron chi connectivity index (χ3n) is 1.74. The van der Waals surface area contributed by atoms with Gasteiger partial charge in [0.05, 0.1) is 0 Å². The molecule has 1 rings (SSSR count). The molecule has 0 N–H and O–H groups in total. The van der Waals surface area contributed by atoms with Crippen LogP contribution >= 0.6 is 24.5 Å². The van der Waals surface area contributed by atoms with Crippen molar-refractivity contribution in [1.29, 1.82) is 0 Å². The van der Waals surface area contributed by atoms with Crippen molar-refractivity contribution < 1.29 is 0 Å². The molecule has 0 atom stereocenters. The van der Waals surface area contributed by atoms with Crippen LogP contribution in [0.25, 0.3) is 0 Å². The first-order valence-electron chi connectivity index (χ1n) is 4.13. The summed E-state index contributed by atoms with van der Waals surface area (Å²) in [6.45, 7) is 0. The molecule has 0 aliphatic rings. The van der Waals surface area contributed by atoms with E-state index in [9.17, 15) is 0 Å². The molecule has 0 bridgehead atoms. The molecule has 0 amide bonds. The van der Waals surface area contributed by atoms with Crippen molar-refractivity contribution in [2.24, 2.45) is 0 Å². The third kappa shape index (κ3) is 4.12. The molecule has 0 radical (unpaired) electrons. The molecule has 0 nitrogen and oxygen atoms in total. The lowest BCUT2D eigenvalue weighted by Crippen LogP contribution is -1.86. The summed E-state index contributed by atoms with van der Waals surface area (Å²) in [5.74, 6) is 0. The Morgan fingerprint density at radius 1 is 1.42 bits per heavy atom. The van der Waals surface area contributed by atoms with Crippen molar-refractivity contribution >= 4 is 42.7 Å². The van der Waals surface area contributed by atoms with Gasteiger partial charge >= 0.3 is 18.2 Å². The molecule has 1 aromatic rings. The van der Waals surface area contributed by atoms with Gasteiger partial charge in [-0.1, -0.05) is 30.2 Å². The minimum absolute atomic E-state index is 0.0679. The van der Waals surface area contributed by atoms with Gasteiger partial charge < -0.3 is 12.9 Å². The molecule has 0 fully saturated rings. The van der Waals surface area contributed by atoms with Crippen LogP contribution in [0, 0.1) is 0 Å². The second-order valence-corrected chi connectivity index (χ2v) is 6.68. The van der Waals surface area contributed by atoms with Gasteiger partial charge in [-0.25, -0.2) is 0 Å². The Balaban J connectivity index is 2.41. The second kappa shape index (κ2) is 6.25. The summed E-state index contributed by atoms with van der Waals surface area (Å²) in [5, 5.41) is 0.851. The zero-order valence-corrected chi connectivity index (χ0v) is 10.6. The van der Waals surface area contributed by atoms with Crippen molar-refractivity contribution in [1.82, 2.24) is 0 Å². The number of hydrogen-bond donors (Lipinski definition) is 0. The summed E-state index contributed by atoms with van der Waals surface area (Å²) in [5.41, 5.74) is 1.36. The van der Waals surface area contributed by atoms with E-state index >= 15 is 0 Å². The van der Waals surface area contributed by atoms with Gasteiger partial charge in [0.15, 0.2) is 0 Å². The van der Waals surface area contributed by atoms with E-state index in [1.807, 2.05) is 12.1 Å². The third-order valence-corrected chi connectivity index (χ3v) is 4.42. The van der Waals surface area contributed by atoms with Gasteiger partial charge in [0.25, 0.3) is 0 Å². The second-order valence-electron chi connectivity index (χ2n) is 2.78. The van der Waals surface area contributed by atoms with E-state index in [1.165, 1.54) is 23.0 Å². The van der Waals surface area contributed by atoms with Crippen molar-refractivity contribution in [3.63, 3.8) is 0 Å². The smallest absolute Gasteiger partial charge is 0.307 e. The quantitative estimate of drug-likeness (QED) is 0.570. The Hall–Kier alpha value is 0.756. The number of hydrogen-bond acceptors (Lipinski definition) is 0. The minimum atomic E-state index is 0.0679. The average Bonchev–Trinajstić information content (AvgIpc) is 2.05. The van der Waals surface area contributed by atoms with Crippen molar-refractivity contribution in [2.75, 3.05) is 0 Å². The van der Waals surface area contributed by atoms with Crippen molar-refractivity contribution in [2.45, 2.75) is 17.4 Å². The van der Waals surface area contributed by atoms with Crippen LogP contribution < -0.4 is 0 Å². The molecule has 0 aliphatic carbocycles. The van der Waals surface area contributed by atoms with E-state index in [-0.39, 0.29) is 18.2 Å². The molecule has 0 unspecified atom stereocenters. The highest BCUT2D eigenvalue weighted by Crippen LogP contribution is 2.12. The van der Waals surface area contributed by atoms with E-state index < -0.39 is 0 Å². The predicted octanol–water partition coefficient (Wildman–Crippen LogP) is 3.71. The van der Waals surface area contributed by atoms with Crippen LogP contribution in [0.4, 0.5) is 0 Å². The molecular formula is C9H10BrClMg. The maximum Gasteiger partial charge on any atom is 0.468 e. The molecule has 62 valence electrons. The largest absolute Gasteiger partial charge is 0.468 e. The van der Waals surface area contributed by atoms with Gasteiger partial charge in [-0.3, -0.25) is 0 Å². The van der Waals surface area contributed by atoms with Crippen LogP contribution in [-0.4, -0.2) is 18.2 Å². The van der Waals surface area contributed by atoms with Gasteiger partial charge in [-0.2, -0.15) is 0 Å². The first kappa shape index (κ1) is 10.8. The molecule has 0 heterocycles.